The number of esters is 2. The number of aromatic hydroxyl groups is 1. The van der Waals surface area contributed by atoms with Crippen LogP contribution in [0.3, 0.4) is 0 Å². The Bertz CT molecular complexity index is 1610. The second kappa shape index (κ2) is 19.2. The first-order chi connectivity index (χ1) is 24.6. The molecule has 0 aromatic heterocycles. The lowest BCUT2D eigenvalue weighted by atomic mass is 9.87. The molecule has 3 rings (SSSR count). The molecule has 1 fully saturated rings. The maximum Gasteiger partial charge on any atom is 0.330 e. The number of phenolic OH excluding ortho intramolecular Hbond substituents is 1. The van der Waals surface area contributed by atoms with Crippen molar-refractivity contribution in [2.24, 2.45) is 17.3 Å². The molecule has 0 bridgehead atoms. The summed E-state index contributed by atoms with van der Waals surface area (Å²) in [5.74, 6) is -1.09. The zero-order chi connectivity index (χ0) is 38.6. The van der Waals surface area contributed by atoms with E-state index in [0.717, 1.165) is 11.1 Å². The van der Waals surface area contributed by atoms with E-state index in [4.69, 9.17) is 23.7 Å². The fourth-order valence-corrected chi connectivity index (χ4v) is 5.54. The second-order valence-electron chi connectivity index (χ2n) is 14.4. The van der Waals surface area contributed by atoms with E-state index in [2.05, 4.69) is 6.58 Å². The van der Waals surface area contributed by atoms with Gasteiger partial charge in [-0.05, 0) is 98.8 Å². The molecule has 1 amide bonds. The van der Waals surface area contributed by atoms with Crippen LogP contribution in [-0.2, 0) is 35.1 Å². The number of Topliss-reactive ketones (excluding diaryl/α,β-unsaturated/α-hetero) is 1. The average molecular weight is 722 g/mol. The lowest BCUT2D eigenvalue weighted by Gasteiger charge is -2.36. The Kier molecular flexibility index (Phi) is 15.3. The van der Waals surface area contributed by atoms with Crippen LogP contribution in [0, 0.1) is 17.3 Å². The molecule has 1 heterocycles. The summed E-state index contributed by atoms with van der Waals surface area (Å²) in [6.07, 6.45) is 4.47. The van der Waals surface area contributed by atoms with Gasteiger partial charge in [-0.3, -0.25) is 9.59 Å². The smallest absolute Gasteiger partial charge is 0.330 e. The molecule has 2 aromatic carbocycles. The van der Waals surface area contributed by atoms with Gasteiger partial charge in [-0.1, -0.05) is 46.4 Å². The van der Waals surface area contributed by atoms with E-state index < -0.39 is 41.2 Å². The molecule has 11 heteroatoms. The van der Waals surface area contributed by atoms with Crippen molar-refractivity contribution < 1.29 is 48.0 Å². The Morgan fingerprint density at radius 1 is 1.00 bits per heavy atom. The summed E-state index contributed by atoms with van der Waals surface area (Å²) in [6, 6.07) is 9.24. The van der Waals surface area contributed by atoms with Crippen LogP contribution < -0.4 is 14.2 Å². The first kappa shape index (κ1) is 41.6. The number of piperidine rings is 1. The van der Waals surface area contributed by atoms with E-state index in [1.165, 1.54) is 37.0 Å². The summed E-state index contributed by atoms with van der Waals surface area (Å²) in [4.78, 5) is 54.7. The van der Waals surface area contributed by atoms with Crippen molar-refractivity contribution in [1.82, 2.24) is 4.90 Å². The lowest BCUT2D eigenvalue weighted by molar-refractivity contribution is -0.165. The summed E-state index contributed by atoms with van der Waals surface area (Å²) in [7, 11) is 3.11. The number of hydrogen-bond donors (Lipinski definition) is 1. The maximum atomic E-state index is 14.0. The molecule has 1 aliphatic rings. The maximum absolute atomic E-state index is 14.0. The van der Waals surface area contributed by atoms with Gasteiger partial charge >= 0.3 is 11.9 Å². The van der Waals surface area contributed by atoms with Crippen LogP contribution >= 0.6 is 0 Å². The summed E-state index contributed by atoms with van der Waals surface area (Å²) in [5.41, 5.74) is 0.942. The van der Waals surface area contributed by atoms with E-state index in [1.54, 1.807) is 32.4 Å². The monoisotopic (exact) mass is 721 g/mol. The number of benzene rings is 2. The number of allylic oxidation sites excluding steroid dienone is 1. The SMILES string of the molecule is C=C(COc1cc(O)cc([C@@H](CCc2ccc(OC)c(OC)c2)OC(=O)[C@@H]2CCCCN2C(=O)C(=O)C(C)(C)COC(=O)/C=C\C(C)C)c1)C(C)C. The van der Waals surface area contributed by atoms with Crippen LogP contribution in [0.15, 0.2) is 60.7 Å². The number of rotatable bonds is 18. The Labute approximate surface area is 307 Å². The van der Waals surface area contributed by atoms with E-state index in [-0.39, 0.29) is 37.3 Å². The largest absolute Gasteiger partial charge is 0.508 e. The average Bonchev–Trinajstić information content (AvgIpc) is 3.12. The predicted octanol–water partition coefficient (Wildman–Crippen LogP) is 6.95. The van der Waals surface area contributed by atoms with Crippen molar-refractivity contribution in [3.05, 3.63) is 71.8 Å². The van der Waals surface area contributed by atoms with Gasteiger partial charge < -0.3 is 33.7 Å². The molecular formula is C41H55NO10. The number of likely N-dealkylation sites (tertiary alicyclic amines) is 1. The van der Waals surface area contributed by atoms with Crippen molar-refractivity contribution >= 4 is 23.6 Å². The zero-order valence-corrected chi connectivity index (χ0v) is 31.9. The minimum atomic E-state index is -1.33. The highest BCUT2D eigenvalue weighted by molar-refractivity contribution is 6.38. The Morgan fingerprint density at radius 3 is 2.37 bits per heavy atom. The fraction of sp³-hybridized carbons (Fsp3) is 0.512. The van der Waals surface area contributed by atoms with E-state index in [9.17, 15) is 24.3 Å². The first-order valence-electron chi connectivity index (χ1n) is 17.8. The van der Waals surface area contributed by atoms with E-state index >= 15 is 0 Å². The number of ketones is 1. The third kappa shape index (κ3) is 11.9. The molecule has 0 unspecified atom stereocenters. The normalized spacial score (nSPS) is 15.3. The van der Waals surface area contributed by atoms with Crippen molar-refractivity contribution in [2.75, 3.05) is 34.0 Å². The lowest BCUT2D eigenvalue weighted by Crippen LogP contribution is -2.53. The van der Waals surface area contributed by atoms with Gasteiger partial charge in [0, 0.05) is 18.7 Å². The molecule has 1 saturated heterocycles. The van der Waals surface area contributed by atoms with Crippen LogP contribution in [0.1, 0.15) is 84.5 Å². The first-order valence-corrected chi connectivity index (χ1v) is 17.8. The summed E-state index contributed by atoms with van der Waals surface area (Å²) < 4.78 is 28.3. The summed E-state index contributed by atoms with van der Waals surface area (Å²) in [5, 5.41) is 10.7. The number of hydrogen-bond acceptors (Lipinski definition) is 10. The van der Waals surface area contributed by atoms with Gasteiger partial charge in [-0.15, -0.1) is 0 Å². The van der Waals surface area contributed by atoms with E-state index in [0.29, 0.717) is 54.9 Å². The van der Waals surface area contributed by atoms with Gasteiger partial charge in [0.05, 0.1) is 19.6 Å². The Balaban J connectivity index is 1.87. The van der Waals surface area contributed by atoms with Gasteiger partial charge in [0.2, 0.25) is 5.78 Å². The number of ether oxygens (including phenoxy) is 5. The quantitative estimate of drug-likeness (QED) is 0.0745. The highest BCUT2D eigenvalue weighted by Crippen LogP contribution is 2.34. The predicted molar refractivity (Wildman–Crippen MR) is 197 cm³/mol. The molecule has 1 aliphatic heterocycles. The standard InChI is InChI=1S/C41H55NO10/c1-26(2)13-18-37(44)51-25-41(6,7)38(45)39(46)42-19-11-10-12-33(42)40(47)52-34(16-14-29-15-17-35(48-8)36(20-29)49-9)30-21-31(43)23-32(22-30)50-24-28(5)27(3)4/h13,15,17-18,20-23,26-27,33-34,43H,5,10-12,14,16,19,24-25H2,1-4,6-9H3/b18-13-/t33-,34+/m0/s1. The Morgan fingerprint density at radius 2 is 1.71 bits per heavy atom. The molecule has 2 atom stereocenters. The number of methoxy groups -OCH3 is 2. The van der Waals surface area contributed by atoms with Crippen molar-refractivity contribution in [3.8, 4) is 23.0 Å². The van der Waals surface area contributed by atoms with Crippen molar-refractivity contribution in [3.63, 3.8) is 0 Å². The Hall–Kier alpha value is -4.80. The molecule has 11 nitrogen and oxygen atoms in total. The summed E-state index contributed by atoms with van der Waals surface area (Å²) >= 11 is 0. The van der Waals surface area contributed by atoms with Gasteiger partial charge in [-0.25, -0.2) is 9.59 Å². The second-order valence-corrected chi connectivity index (χ2v) is 14.4. The number of phenols is 1. The number of aryl methyl sites for hydroxylation is 1. The molecule has 52 heavy (non-hydrogen) atoms. The minimum absolute atomic E-state index is 0.0717. The highest BCUT2D eigenvalue weighted by atomic mass is 16.5. The van der Waals surface area contributed by atoms with Gasteiger partial charge in [0.1, 0.15) is 36.9 Å². The molecule has 0 spiro atoms. The number of carbonyl (C=O) groups excluding carboxylic acids is 4. The zero-order valence-electron chi connectivity index (χ0n) is 31.9. The van der Waals surface area contributed by atoms with Gasteiger partial charge in [0.15, 0.2) is 11.5 Å². The van der Waals surface area contributed by atoms with Crippen LogP contribution in [-0.4, -0.2) is 73.7 Å². The topological polar surface area (TPSA) is 138 Å². The molecule has 0 radical (unpaired) electrons. The number of nitrogens with zero attached hydrogens (tertiary/aromatic N) is 1. The van der Waals surface area contributed by atoms with Crippen LogP contribution in [0.5, 0.6) is 23.0 Å². The molecule has 0 aliphatic carbocycles. The summed E-state index contributed by atoms with van der Waals surface area (Å²) in [6.45, 7) is 15.1. The van der Waals surface area contributed by atoms with Crippen LogP contribution in [0.25, 0.3) is 0 Å². The van der Waals surface area contributed by atoms with Crippen LogP contribution in [0.4, 0.5) is 0 Å². The number of carbonyl (C=O) groups is 4. The van der Waals surface area contributed by atoms with E-state index in [1.807, 2.05) is 39.8 Å². The molecule has 2 aromatic rings. The van der Waals surface area contributed by atoms with Gasteiger partial charge in [0.25, 0.3) is 5.91 Å². The van der Waals surface area contributed by atoms with Crippen LogP contribution in [0.2, 0.25) is 0 Å². The molecule has 1 N–H and O–H groups in total. The minimum Gasteiger partial charge on any atom is -0.508 e. The van der Waals surface area contributed by atoms with Crippen molar-refractivity contribution in [2.45, 2.75) is 85.8 Å². The molecule has 284 valence electrons. The van der Waals surface area contributed by atoms with Crippen molar-refractivity contribution in [1.29, 1.82) is 0 Å². The fourth-order valence-electron chi connectivity index (χ4n) is 5.54. The molecule has 0 saturated carbocycles. The van der Waals surface area contributed by atoms with Gasteiger partial charge in [-0.2, -0.15) is 0 Å². The molecular weight excluding hydrogens is 666 g/mol. The highest BCUT2D eigenvalue weighted by Gasteiger charge is 2.42. The number of amides is 1. The third-order valence-electron chi connectivity index (χ3n) is 8.96. The third-order valence-corrected chi connectivity index (χ3v) is 8.96.